The second-order valence-corrected chi connectivity index (χ2v) is 3.91. The summed E-state index contributed by atoms with van der Waals surface area (Å²) in [5, 5.41) is 8.79. The van der Waals surface area contributed by atoms with E-state index in [-0.39, 0.29) is 19.1 Å². The Hall–Kier alpha value is -1.59. The van der Waals surface area contributed by atoms with Crippen LogP contribution in [0.15, 0.2) is 0 Å². The SMILES string of the molecule is CCOC(=O)CN(C)C(=O)C(C)C(C)C(=O)O. The first-order valence-corrected chi connectivity index (χ1v) is 5.44. The Morgan fingerprint density at radius 3 is 2.18 bits per heavy atom. The summed E-state index contributed by atoms with van der Waals surface area (Å²) < 4.78 is 4.70. The van der Waals surface area contributed by atoms with Crippen LogP contribution >= 0.6 is 0 Å². The second kappa shape index (κ2) is 6.88. The third-order valence-corrected chi connectivity index (χ3v) is 2.58. The minimum atomic E-state index is -1.03. The number of rotatable bonds is 6. The van der Waals surface area contributed by atoms with Crippen LogP contribution in [-0.2, 0) is 19.1 Å². The molecule has 1 amide bonds. The van der Waals surface area contributed by atoms with Gasteiger partial charge in [0, 0.05) is 13.0 Å². The van der Waals surface area contributed by atoms with E-state index in [1.54, 1.807) is 6.92 Å². The summed E-state index contributed by atoms with van der Waals surface area (Å²) in [6.45, 7) is 4.76. The van der Waals surface area contributed by atoms with Gasteiger partial charge in [-0.15, -0.1) is 0 Å². The maximum Gasteiger partial charge on any atom is 0.325 e. The lowest BCUT2D eigenvalue weighted by Crippen LogP contribution is -2.39. The molecule has 0 aliphatic carbocycles. The second-order valence-electron chi connectivity index (χ2n) is 3.91. The molecular weight excluding hydrogens is 226 g/mol. The average Bonchev–Trinajstić information content (AvgIpc) is 2.25. The lowest BCUT2D eigenvalue weighted by molar-refractivity contribution is -0.152. The molecule has 0 aliphatic heterocycles. The molecule has 17 heavy (non-hydrogen) atoms. The van der Waals surface area contributed by atoms with Gasteiger partial charge in [-0.2, -0.15) is 0 Å². The number of carboxylic acids is 1. The van der Waals surface area contributed by atoms with E-state index in [0.717, 1.165) is 0 Å². The van der Waals surface area contributed by atoms with Crippen molar-refractivity contribution >= 4 is 17.8 Å². The first-order chi connectivity index (χ1) is 7.81. The van der Waals surface area contributed by atoms with Crippen molar-refractivity contribution in [2.24, 2.45) is 11.8 Å². The van der Waals surface area contributed by atoms with Gasteiger partial charge in [0.15, 0.2) is 0 Å². The topological polar surface area (TPSA) is 83.9 Å². The number of esters is 1. The van der Waals surface area contributed by atoms with E-state index in [1.165, 1.54) is 25.8 Å². The smallest absolute Gasteiger partial charge is 0.325 e. The van der Waals surface area contributed by atoms with Gasteiger partial charge in [0.2, 0.25) is 5.91 Å². The van der Waals surface area contributed by atoms with Gasteiger partial charge in [0.25, 0.3) is 0 Å². The minimum absolute atomic E-state index is 0.163. The summed E-state index contributed by atoms with van der Waals surface area (Å²) in [7, 11) is 1.45. The van der Waals surface area contributed by atoms with Crippen LogP contribution in [0.5, 0.6) is 0 Å². The summed E-state index contributed by atoms with van der Waals surface area (Å²) in [6.07, 6.45) is 0. The summed E-state index contributed by atoms with van der Waals surface area (Å²) in [4.78, 5) is 34.8. The van der Waals surface area contributed by atoms with Gasteiger partial charge in [0.1, 0.15) is 6.54 Å². The molecule has 0 aromatic heterocycles. The van der Waals surface area contributed by atoms with E-state index >= 15 is 0 Å². The highest BCUT2D eigenvalue weighted by atomic mass is 16.5. The van der Waals surface area contributed by atoms with E-state index < -0.39 is 23.8 Å². The van der Waals surface area contributed by atoms with Gasteiger partial charge < -0.3 is 14.7 Å². The van der Waals surface area contributed by atoms with Crippen molar-refractivity contribution in [3.05, 3.63) is 0 Å². The Labute approximate surface area is 101 Å². The number of carbonyl (C=O) groups is 3. The Morgan fingerprint density at radius 1 is 1.24 bits per heavy atom. The summed E-state index contributed by atoms with van der Waals surface area (Å²) in [5.41, 5.74) is 0. The first kappa shape index (κ1) is 15.4. The zero-order valence-corrected chi connectivity index (χ0v) is 10.6. The number of nitrogens with zero attached hydrogens (tertiary/aromatic N) is 1. The average molecular weight is 245 g/mol. The quantitative estimate of drug-likeness (QED) is 0.683. The Bertz CT molecular complexity index is 302. The number of hydrogen-bond donors (Lipinski definition) is 1. The van der Waals surface area contributed by atoms with Crippen LogP contribution in [0.3, 0.4) is 0 Å². The molecule has 0 fully saturated rings. The van der Waals surface area contributed by atoms with Crippen LogP contribution in [0.1, 0.15) is 20.8 Å². The molecule has 1 N–H and O–H groups in total. The highest BCUT2D eigenvalue weighted by Gasteiger charge is 2.28. The Kier molecular flexibility index (Phi) is 6.23. The van der Waals surface area contributed by atoms with Gasteiger partial charge in [-0.1, -0.05) is 13.8 Å². The number of aliphatic carboxylic acids is 1. The van der Waals surface area contributed by atoms with Gasteiger partial charge in [0.05, 0.1) is 12.5 Å². The fraction of sp³-hybridized carbons (Fsp3) is 0.727. The summed E-state index contributed by atoms with van der Waals surface area (Å²) in [5.74, 6) is -3.37. The predicted molar refractivity (Wildman–Crippen MR) is 60.2 cm³/mol. The highest BCUT2D eigenvalue weighted by Crippen LogP contribution is 2.13. The Balaban J connectivity index is 4.39. The van der Waals surface area contributed by atoms with Crippen LogP contribution in [0, 0.1) is 11.8 Å². The van der Waals surface area contributed by atoms with Crippen molar-refractivity contribution in [3.8, 4) is 0 Å². The van der Waals surface area contributed by atoms with Crippen LogP contribution in [0.4, 0.5) is 0 Å². The fourth-order valence-corrected chi connectivity index (χ4v) is 1.25. The van der Waals surface area contributed by atoms with E-state index in [2.05, 4.69) is 0 Å². The van der Waals surface area contributed by atoms with Crippen molar-refractivity contribution < 1.29 is 24.2 Å². The minimum Gasteiger partial charge on any atom is -0.481 e. The normalized spacial score (nSPS) is 13.6. The van der Waals surface area contributed by atoms with Gasteiger partial charge in [-0.05, 0) is 6.92 Å². The van der Waals surface area contributed by atoms with Gasteiger partial charge in [-0.3, -0.25) is 14.4 Å². The molecule has 2 unspecified atom stereocenters. The first-order valence-electron chi connectivity index (χ1n) is 5.44. The van der Waals surface area contributed by atoms with Gasteiger partial charge >= 0.3 is 11.9 Å². The molecule has 0 aromatic carbocycles. The van der Waals surface area contributed by atoms with E-state index in [4.69, 9.17) is 9.84 Å². The third kappa shape index (κ3) is 4.84. The summed E-state index contributed by atoms with van der Waals surface area (Å²) in [6, 6.07) is 0. The maximum atomic E-state index is 11.8. The molecule has 0 rings (SSSR count). The molecule has 0 aliphatic rings. The van der Waals surface area contributed by atoms with Crippen LogP contribution in [-0.4, -0.2) is 48.1 Å². The molecular formula is C11H19NO5. The standard InChI is InChI=1S/C11H19NO5/c1-5-17-9(13)6-12(4)10(14)7(2)8(3)11(15)16/h7-8H,5-6H2,1-4H3,(H,15,16). The zero-order chi connectivity index (χ0) is 13.6. The summed E-state index contributed by atoms with van der Waals surface area (Å²) >= 11 is 0. The van der Waals surface area contributed by atoms with Crippen LogP contribution in [0.2, 0.25) is 0 Å². The van der Waals surface area contributed by atoms with E-state index in [9.17, 15) is 14.4 Å². The molecule has 6 heteroatoms. The fourth-order valence-electron chi connectivity index (χ4n) is 1.25. The molecule has 0 saturated heterocycles. The number of carbonyl (C=O) groups excluding carboxylic acids is 2. The van der Waals surface area contributed by atoms with Crippen molar-refractivity contribution in [1.29, 1.82) is 0 Å². The molecule has 0 saturated carbocycles. The number of amides is 1. The lowest BCUT2D eigenvalue weighted by atomic mass is 9.95. The molecule has 0 bridgehead atoms. The van der Waals surface area contributed by atoms with E-state index in [0.29, 0.717) is 0 Å². The molecule has 0 spiro atoms. The molecule has 6 nitrogen and oxygen atoms in total. The molecule has 2 atom stereocenters. The van der Waals surface area contributed by atoms with Crippen molar-refractivity contribution in [3.63, 3.8) is 0 Å². The number of hydrogen-bond acceptors (Lipinski definition) is 4. The number of ether oxygens (including phenoxy) is 1. The molecule has 0 aromatic rings. The van der Waals surface area contributed by atoms with Crippen molar-refractivity contribution in [1.82, 2.24) is 4.90 Å². The molecule has 0 radical (unpaired) electrons. The maximum absolute atomic E-state index is 11.8. The molecule has 98 valence electrons. The molecule has 0 heterocycles. The number of likely N-dealkylation sites (N-methyl/N-ethyl adjacent to an activating group) is 1. The van der Waals surface area contributed by atoms with Crippen LogP contribution < -0.4 is 0 Å². The number of carboxylic acid groups (broad SMARTS) is 1. The zero-order valence-electron chi connectivity index (χ0n) is 10.6. The highest BCUT2D eigenvalue weighted by molar-refractivity contribution is 5.86. The van der Waals surface area contributed by atoms with Crippen molar-refractivity contribution in [2.75, 3.05) is 20.2 Å². The largest absolute Gasteiger partial charge is 0.481 e. The van der Waals surface area contributed by atoms with E-state index in [1.807, 2.05) is 0 Å². The predicted octanol–water partition coefficient (Wildman–Crippen LogP) is 0.365. The monoisotopic (exact) mass is 245 g/mol. The van der Waals surface area contributed by atoms with Crippen LogP contribution in [0.25, 0.3) is 0 Å². The lowest BCUT2D eigenvalue weighted by Gasteiger charge is -2.22. The van der Waals surface area contributed by atoms with Crippen molar-refractivity contribution in [2.45, 2.75) is 20.8 Å². The third-order valence-electron chi connectivity index (χ3n) is 2.58. The Morgan fingerprint density at radius 2 is 1.76 bits per heavy atom. The van der Waals surface area contributed by atoms with Gasteiger partial charge in [-0.25, -0.2) is 0 Å².